The van der Waals surface area contributed by atoms with Crippen LogP contribution in [-0.2, 0) is 6.54 Å². The van der Waals surface area contributed by atoms with Crippen molar-refractivity contribution in [3.63, 3.8) is 0 Å². The highest BCUT2D eigenvalue weighted by Crippen LogP contribution is 2.28. The molecule has 0 bridgehead atoms. The summed E-state index contributed by atoms with van der Waals surface area (Å²) in [5.74, 6) is 0.791. The molecule has 1 aliphatic rings. The topological polar surface area (TPSA) is 12.0 Å². The van der Waals surface area contributed by atoms with Crippen molar-refractivity contribution in [2.24, 2.45) is 5.92 Å². The third kappa shape index (κ3) is 3.29. The van der Waals surface area contributed by atoms with Crippen molar-refractivity contribution in [1.82, 2.24) is 5.32 Å². The van der Waals surface area contributed by atoms with Crippen LogP contribution in [-0.4, -0.2) is 6.54 Å². The molecule has 0 heterocycles. The van der Waals surface area contributed by atoms with Crippen LogP contribution in [0.5, 0.6) is 0 Å². The first-order valence-corrected chi connectivity index (χ1v) is 6.69. The minimum absolute atomic E-state index is 0.126. The van der Waals surface area contributed by atoms with Crippen LogP contribution < -0.4 is 5.32 Å². The average Bonchev–Trinajstić information content (AvgIpc) is 2.20. The monoisotopic (exact) mass is 285 g/mol. The van der Waals surface area contributed by atoms with Gasteiger partial charge in [-0.2, -0.15) is 0 Å². The summed E-state index contributed by atoms with van der Waals surface area (Å²) in [6, 6.07) is 5.08. The van der Waals surface area contributed by atoms with Crippen LogP contribution in [0.1, 0.15) is 31.2 Å². The van der Waals surface area contributed by atoms with E-state index < -0.39 is 0 Å². The van der Waals surface area contributed by atoms with Gasteiger partial charge in [0.2, 0.25) is 0 Å². The average molecular weight is 286 g/mol. The summed E-state index contributed by atoms with van der Waals surface area (Å²) in [7, 11) is 0. The number of halogens is 2. The van der Waals surface area contributed by atoms with Crippen molar-refractivity contribution in [3.05, 3.63) is 34.1 Å². The van der Waals surface area contributed by atoms with Crippen LogP contribution in [0.2, 0.25) is 0 Å². The minimum atomic E-state index is -0.126. The molecular formula is C13H17BrFN. The third-order valence-corrected chi connectivity index (χ3v) is 3.77. The van der Waals surface area contributed by atoms with Crippen LogP contribution >= 0.6 is 15.9 Å². The summed E-state index contributed by atoms with van der Waals surface area (Å²) < 4.78 is 14.3. The molecule has 16 heavy (non-hydrogen) atoms. The van der Waals surface area contributed by atoms with E-state index in [4.69, 9.17) is 0 Å². The highest BCUT2D eigenvalue weighted by atomic mass is 79.9. The summed E-state index contributed by atoms with van der Waals surface area (Å²) in [4.78, 5) is 0. The Kier molecular flexibility index (Phi) is 4.36. The first kappa shape index (κ1) is 12.1. The zero-order chi connectivity index (χ0) is 11.4. The molecule has 1 aromatic rings. The zero-order valence-corrected chi connectivity index (χ0v) is 10.9. The lowest BCUT2D eigenvalue weighted by Gasteiger charge is -2.25. The van der Waals surface area contributed by atoms with Gasteiger partial charge in [-0.05, 0) is 37.1 Å². The Labute approximate surface area is 105 Å². The van der Waals surface area contributed by atoms with E-state index in [-0.39, 0.29) is 5.82 Å². The van der Waals surface area contributed by atoms with Crippen LogP contribution in [0.25, 0.3) is 0 Å². The fourth-order valence-electron chi connectivity index (χ4n) is 1.99. The molecule has 0 radical (unpaired) electrons. The summed E-state index contributed by atoms with van der Waals surface area (Å²) in [6.45, 7) is 1.62. The molecule has 1 aliphatic carbocycles. The van der Waals surface area contributed by atoms with Crippen LogP contribution in [0, 0.1) is 11.7 Å². The number of rotatable bonds is 5. The normalized spacial score (nSPS) is 16.1. The Morgan fingerprint density at radius 3 is 2.88 bits per heavy atom. The van der Waals surface area contributed by atoms with Crippen molar-refractivity contribution in [2.45, 2.75) is 32.2 Å². The van der Waals surface area contributed by atoms with Crippen molar-refractivity contribution in [2.75, 3.05) is 6.54 Å². The summed E-state index contributed by atoms with van der Waals surface area (Å²) in [6.07, 6.45) is 5.39. The van der Waals surface area contributed by atoms with Crippen molar-refractivity contribution in [1.29, 1.82) is 0 Å². The molecule has 1 aromatic carbocycles. The Bertz CT molecular complexity index is 350. The van der Waals surface area contributed by atoms with E-state index in [1.165, 1.54) is 31.7 Å². The van der Waals surface area contributed by atoms with E-state index in [9.17, 15) is 4.39 Å². The molecule has 2 rings (SSSR count). The van der Waals surface area contributed by atoms with Gasteiger partial charge in [0.15, 0.2) is 0 Å². The highest BCUT2D eigenvalue weighted by Gasteiger charge is 2.16. The molecule has 0 unspecified atom stereocenters. The molecule has 1 saturated carbocycles. The second-order valence-electron chi connectivity index (χ2n) is 4.50. The van der Waals surface area contributed by atoms with Gasteiger partial charge in [0.25, 0.3) is 0 Å². The second-order valence-corrected chi connectivity index (χ2v) is 5.41. The summed E-state index contributed by atoms with van der Waals surface area (Å²) in [5, 5.41) is 3.31. The van der Waals surface area contributed by atoms with Gasteiger partial charge in [0, 0.05) is 16.6 Å². The predicted octanol–water partition coefficient (Wildman–Crippen LogP) is 3.87. The summed E-state index contributed by atoms with van der Waals surface area (Å²) in [5.41, 5.74) is 0.739. The van der Waals surface area contributed by atoms with Gasteiger partial charge >= 0.3 is 0 Å². The first-order chi connectivity index (χ1) is 7.75. The quantitative estimate of drug-likeness (QED) is 0.810. The minimum Gasteiger partial charge on any atom is -0.313 e. The molecule has 0 saturated heterocycles. The molecule has 1 nitrogen and oxygen atoms in total. The van der Waals surface area contributed by atoms with Gasteiger partial charge in [0.1, 0.15) is 5.82 Å². The number of hydrogen-bond donors (Lipinski definition) is 1. The van der Waals surface area contributed by atoms with E-state index >= 15 is 0 Å². The molecule has 0 atom stereocenters. The smallest absolute Gasteiger partial charge is 0.127 e. The standard InChI is InChI=1S/C13H17BrFN/c14-12-4-5-13(15)11(8-12)9-16-7-6-10-2-1-3-10/h4-5,8,10,16H,1-3,6-7,9H2. The van der Waals surface area contributed by atoms with Crippen molar-refractivity contribution in [3.8, 4) is 0 Å². The van der Waals surface area contributed by atoms with Crippen molar-refractivity contribution >= 4 is 15.9 Å². The fraction of sp³-hybridized carbons (Fsp3) is 0.538. The molecule has 0 amide bonds. The Morgan fingerprint density at radius 1 is 1.38 bits per heavy atom. The lowest BCUT2D eigenvalue weighted by molar-refractivity contribution is 0.292. The maximum absolute atomic E-state index is 13.4. The first-order valence-electron chi connectivity index (χ1n) is 5.90. The molecule has 0 aromatic heterocycles. The van der Waals surface area contributed by atoms with E-state index in [0.717, 1.165) is 22.5 Å². The Balaban J connectivity index is 1.73. The van der Waals surface area contributed by atoms with Gasteiger partial charge in [0.05, 0.1) is 0 Å². The van der Waals surface area contributed by atoms with Crippen molar-refractivity contribution < 1.29 is 4.39 Å². The van der Waals surface area contributed by atoms with E-state index in [1.54, 1.807) is 6.07 Å². The molecule has 88 valence electrons. The number of hydrogen-bond acceptors (Lipinski definition) is 1. The van der Waals surface area contributed by atoms with Crippen LogP contribution in [0.4, 0.5) is 4.39 Å². The van der Waals surface area contributed by atoms with E-state index in [0.29, 0.717) is 6.54 Å². The second kappa shape index (κ2) is 5.78. The maximum atomic E-state index is 13.4. The van der Waals surface area contributed by atoms with E-state index in [2.05, 4.69) is 21.2 Å². The van der Waals surface area contributed by atoms with Crippen LogP contribution in [0.15, 0.2) is 22.7 Å². The lowest BCUT2D eigenvalue weighted by atomic mass is 9.83. The summed E-state index contributed by atoms with van der Waals surface area (Å²) >= 11 is 3.35. The van der Waals surface area contributed by atoms with E-state index in [1.807, 2.05) is 6.07 Å². The number of benzene rings is 1. The molecule has 1 N–H and O–H groups in total. The largest absolute Gasteiger partial charge is 0.313 e. The van der Waals surface area contributed by atoms with Crippen LogP contribution in [0.3, 0.4) is 0 Å². The maximum Gasteiger partial charge on any atom is 0.127 e. The molecule has 0 aliphatic heterocycles. The molecule has 3 heteroatoms. The Morgan fingerprint density at radius 2 is 2.19 bits per heavy atom. The van der Waals surface area contributed by atoms with Gasteiger partial charge in [-0.25, -0.2) is 4.39 Å². The number of nitrogens with one attached hydrogen (secondary N) is 1. The van der Waals surface area contributed by atoms with Gasteiger partial charge < -0.3 is 5.32 Å². The molecule has 1 fully saturated rings. The zero-order valence-electron chi connectivity index (χ0n) is 9.31. The van der Waals surface area contributed by atoms with Gasteiger partial charge in [-0.3, -0.25) is 0 Å². The predicted molar refractivity (Wildman–Crippen MR) is 67.8 cm³/mol. The third-order valence-electron chi connectivity index (χ3n) is 3.28. The van der Waals surface area contributed by atoms with Gasteiger partial charge in [-0.1, -0.05) is 35.2 Å². The molecule has 0 spiro atoms. The molecular weight excluding hydrogens is 269 g/mol. The highest BCUT2D eigenvalue weighted by molar-refractivity contribution is 9.10. The Hall–Kier alpha value is -0.410. The lowest BCUT2D eigenvalue weighted by Crippen LogP contribution is -2.21. The fourth-order valence-corrected chi connectivity index (χ4v) is 2.40. The van der Waals surface area contributed by atoms with Gasteiger partial charge in [-0.15, -0.1) is 0 Å². The SMILES string of the molecule is Fc1ccc(Br)cc1CNCCC1CCC1.